The van der Waals surface area contributed by atoms with E-state index in [2.05, 4.69) is 16.0 Å². The molecule has 0 aromatic carbocycles. The van der Waals surface area contributed by atoms with Crippen molar-refractivity contribution in [3.63, 3.8) is 0 Å². The van der Waals surface area contributed by atoms with Gasteiger partial charge in [0.15, 0.2) is 0 Å². The Bertz CT molecular complexity index is 437. The molecule has 0 unspecified atom stereocenters. The zero-order chi connectivity index (χ0) is 16.2. The fourth-order valence-corrected chi connectivity index (χ4v) is 2.12. The van der Waals surface area contributed by atoms with Crippen LogP contribution in [0.3, 0.4) is 0 Å². The summed E-state index contributed by atoms with van der Waals surface area (Å²) in [5.41, 5.74) is -0.315. The lowest BCUT2D eigenvalue weighted by Gasteiger charge is -2.30. The van der Waals surface area contributed by atoms with Crippen molar-refractivity contribution in [2.75, 3.05) is 6.54 Å². The predicted molar refractivity (Wildman–Crippen MR) is 76.0 cm³/mol. The van der Waals surface area contributed by atoms with Crippen LogP contribution >= 0.6 is 0 Å². The first-order valence-electron chi connectivity index (χ1n) is 7.06. The van der Waals surface area contributed by atoms with Gasteiger partial charge in [-0.1, -0.05) is 27.7 Å². The number of hydrogen-bond donors (Lipinski definition) is 3. The van der Waals surface area contributed by atoms with Crippen molar-refractivity contribution in [2.45, 2.75) is 40.5 Å². The molecule has 1 saturated heterocycles. The highest BCUT2D eigenvalue weighted by molar-refractivity contribution is 6.16. The van der Waals surface area contributed by atoms with Gasteiger partial charge < -0.3 is 5.32 Å². The van der Waals surface area contributed by atoms with Gasteiger partial charge in [-0.25, -0.2) is 4.79 Å². The SMILES string of the molecule is CC(C)C(=O)NCCC(C)(C)CC1C(=O)NC(=O)NC1=O. The molecule has 0 saturated carbocycles. The fraction of sp³-hybridized carbons (Fsp3) is 0.714. The van der Waals surface area contributed by atoms with Crippen LogP contribution < -0.4 is 16.0 Å². The van der Waals surface area contributed by atoms with Gasteiger partial charge in [0.2, 0.25) is 17.7 Å². The summed E-state index contributed by atoms with van der Waals surface area (Å²) in [6.07, 6.45) is 0.950. The average molecular weight is 297 g/mol. The number of amides is 5. The lowest BCUT2D eigenvalue weighted by Crippen LogP contribution is -2.56. The normalized spacial score (nSPS) is 16.7. The first-order chi connectivity index (χ1) is 9.62. The van der Waals surface area contributed by atoms with Crippen LogP contribution in [0.15, 0.2) is 0 Å². The summed E-state index contributed by atoms with van der Waals surface area (Å²) >= 11 is 0. The number of rotatable bonds is 6. The van der Waals surface area contributed by atoms with Crippen molar-refractivity contribution >= 4 is 23.8 Å². The topological polar surface area (TPSA) is 104 Å². The molecule has 0 radical (unpaired) electrons. The van der Waals surface area contributed by atoms with Crippen molar-refractivity contribution < 1.29 is 19.2 Å². The Hall–Kier alpha value is -1.92. The number of nitrogens with one attached hydrogen (secondary N) is 3. The number of carbonyl (C=O) groups excluding carboxylic acids is 4. The second-order valence-corrected chi connectivity index (χ2v) is 6.42. The minimum Gasteiger partial charge on any atom is -0.356 e. The molecule has 0 aromatic rings. The van der Waals surface area contributed by atoms with Crippen LogP contribution in [-0.4, -0.2) is 30.3 Å². The van der Waals surface area contributed by atoms with E-state index in [0.717, 1.165) is 0 Å². The van der Waals surface area contributed by atoms with Gasteiger partial charge in [0, 0.05) is 12.5 Å². The van der Waals surface area contributed by atoms with Gasteiger partial charge in [-0.05, 0) is 18.3 Å². The average Bonchev–Trinajstić information content (AvgIpc) is 2.33. The van der Waals surface area contributed by atoms with E-state index < -0.39 is 23.8 Å². The summed E-state index contributed by atoms with van der Waals surface area (Å²) in [6, 6.07) is -0.775. The molecule has 3 N–H and O–H groups in total. The Balaban J connectivity index is 2.51. The molecular weight excluding hydrogens is 274 g/mol. The maximum atomic E-state index is 11.7. The fourth-order valence-electron chi connectivity index (χ4n) is 2.12. The third-order valence-electron chi connectivity index (χ3n) is 3.49. The van der Waals surface area contributed by atoms with Crippen molar-refractivity contribution in [2.24, 2.45) is 17.3 Å². The monoisotopic (exact) mass is 297 g/mol. The molecule has 7 nitrogen and oxygen atoms in total. The molecule has 0 spiro atoms. The summed E-state index contributed by atoms with van der Waals surface area (Å²) in [4.78, 5) is 45.9. The van der Waals surface area contributed by atoms with Gasteiger partial charge in [-0.2, -0.15) is 0 Å². The van der Waals surface area contributed by atoms with Gasteiger partial charge in [0.25, 0.3) is 0 Å². The maximum absolute atomic E-state index is 11.7. The Morgan fingerprint density at radius 1 is 1.19 bits per heavy atom. The molecule has 118 valence electrons. The van der Waals surface area contributed by atoms with Crippen LogP contribution in [0, 0.1) is 17.3 Å². The number of hydrogen-bond acceptors (Lipinski definition) is 4. The Morgan fingerprint density at radius 2 is 1.71 bits per heavy atom. The van der Waals surface area contributed by atoms with E-state index in [-0.39, 0.29) is 17.2 Å². The summed E-state index contributed by atoms with van der Waals surface area (Å²) in [6.45, 7) is 7.96. The molecule has 0 atom stereocenters. The summed E-state index contributed by atoms with van der Waals surface area (Å²) in [7, 11) is 0. The van der Waals surface area contributed by atoms with Crippen molar-refractivity contribution in [3.8, 4) is 0 Å². The van der Waals surface area contributed by atoms with Crippen LogP contribution in [0.5, 0.6) is 0 Å². The molecule has 1 fully saturated rings. The lowest BCUT2D eigenvalue weighted by molar-refractivity contribution is -0.137. The highest BCUT2D eigenvalue weighted by Crippen LogP contribution is 2.30. The van der Waals surface area contributed by atoms with Gasteiger partial charge in [-0.15, -0.1) is 0 Å². The first-order valence-corrected chi connectivity index (χ1v) is 7.06. The molecule has 1 aliphatic heterocycles. The van der Waals surface area contributed by atoms with Crippen LogP contribution in [0.4, 0.5) is 4.79 Å². The minimum atomic E-state index is -0.876. The van der Waals surface area contributed by atoms with Gasteiger partial charge in [0.1, 0.15) is 5.92 Å². The van der Waals surface area contributed by atoms with Crippen molar-refractivity contribution in [1.82, 2.24) is 16.0 Å². The van der Waals surface area contributed by atoms with E-state index >= 15 is 0 Å². The number of urea groups is 1. The van der Waals surface area contributed by atoms with E-state index in [1.807, 2.05) is 27.7 Å². The zero-order valence-electron chi connectivity index (χ0n) is 12.9. The smallest absolute Gasteiger partial charge is 0.328 e. The number of barbiturate groups is 1. The van der Waals surface area contributed by atoms with E-state index in [4.69, 9.17) is 0 Å². The van der Waals surface area contributed by atoms with Gasteiger partial charge in [-0.3, -0.25) is 25.0 Å². The molecule has 1 aliphatic rings. The lowest BCUT2D eigenvalue weighted by atomic mass is 9.79. The van der Waals surface area contributed by atoms with E-state index in [0.29, 0.717) is 19.4 Å². The number of imide groups is 2. The third-order valence-corrected chi connectivity index (χ3v) is 3.49. The summed E-state index contributed by atoms with van der Waals surface area (Å²) in [5, 5.41) is 6.99. The Morgan fingerprint density at radius 3 is 2.19 bits per heavy atom. The number of carbonyl (C=O) groups is 4. The van der Waals surface area contributed by atoms with E-state index in [1.54, 1.807) is 0 Å². The molecule has 0 aromatic heterocycles. The van der Waals surface area contributed by atoms with E-state index in [1.165, 1.54) is 0 Å². The molecule has 5 amide bonds. The third kappa shape index (κ3) is 5.17. The summed E-state index contributed by atoms with van der Waals surface area (Å²) < 4.78 is 0. The maximum Gasteiger partial charge on any atom is 0.328 e. The van der Waals surface area contributed by atoms with Crippen LogP contribution in [-0.2, 0) is 14.4 Å². The largest absolute Gasteiger partial charge is 0.356 e. The zero-order valence-corrected chi connectivity index (χ0v) is 12.9. The molecule has 0 aliphatic carbocycles. The van der Waals surface area contributed by atoms with Crippen LogP contribution in [0.2, 0.25) is 0 Å². The molecule has 1 heterocycles. The highest BCUT2D eigenvalue weighted by Gasteiger charge is 2.37. The van der Waals surface area contributed by atoms with Gasteiger partial charge in [0.05, 0.1) is 0 Å². The predicted octanol–water partition coefficient (Wildman–Crippen LogP) is 0.547. The second kappa shape index (κ2) is 6.69. The molecule has 21 heavy (non-hydrogen) atoms. The van der Waals surface area contributed by atoms with Crippen LogP contribution in [0.1, 0.15) is 40.5 Å². The molecule has 0 bridgehead atoms. The molecule has 7 heteroatoms. The first kappa shape index (κ1) is 17.1. The molecule has 1 rings (SSSR count). The second-order valence-electron chi connectivity index (χ2n) is 6.42. The quantitative estimate of drug-likeness (QED) is 0.623. The van der Waals surface area contributed by atoms with Gasteiger partial charge >= 0.3 is 6.03 Å². The minimum absolute atomic E-state index is 0.0236. The van der Waals surface area contributed by atoms with Crippen LogP contribution in [0.25, 0.3) is 0 Å². The van der Waals surface area contributed by atoms with Crippen molar-refractivity contribution in [1.29, 1.82) is 0 Å². The Labute approximate surface area is 124 Å². The summed E-state index contributed by atoms with van der Waals surface area (Å²) in [5.74, 6) is -2.11. The standard InChI is InChI=1S/C14H23N3O4/c1-8(2)10(18)15-6-5-14(3,4)7-9-11(19)16-13(21)17-12(9)20/h8-9H,5-7H2,1-4H3,(H,15,18)(H2,16,17,19,20,21). The van der Waals surface area contributed by atoms with Crippen molar-refractivity contribution in [3.05, 3.63) is 0 Å². The van der Waals surface area contributed by atoms with E-state index in [9.17, 15) is 19.2 Å². The Kier molecular flexibility index (Phi) is 5.46. The highest BCUT2D eigenvalue weighted by atomic mass is 16.2. The molecular formula is C14H23N3O4.